The predicted octanol–water partition coefficient (Wildman–Crippen LogP) is 0.485. The standard InChI is InChI=1S/C19H27N3O5/c1-13(23)8-16-12-26-7-6-22(16)19(25)18(24)21-10-15-4-5-17(20-9-15)27-11-14-2-3-14/h4-5,9,13-14,16,23H,2-3,6-8,10-12H2,1H3,(H,21,24)/t13-,16+/m1/s1. The van der Waals surface area contributed by atoms with Gasteiger partial charge >= 0.3 is 11.8 Å². The number of carbonyl (C=O) groups excluding carboxylic acids is 2. The maximum Gasteiger partial charge on any atom is 0.312 e. The number of morpholine rings is 1. The SMILES string of the molecule is C[C@@H](O)C[C@H]1COCCN1C(=O)C(=O)NCc1ccc(OCC2CC2)nc1. The second kappa shape index (κ2) is 9.14. The molecule has 0 spiro atoms. The second-order valence-corrected chi connectivity index (χ2v) is 7.25. The molecule has 0 bridgehead atoms. The molecule has 3 rings (SSSR count). The Morgan fingerprint density at radius 3 is 2.93 bits per heavy atom. The van der Waals surface area contributed by atoms with Gasteiger partial charge in [0.15, 0.2) is 0 Å². The maximum atomic E-state index is 12.5. The van der Waals surface area contributed by atoms with Crippen molar-refractivity contribution in [2.75, 3.05) is 26.4 Å². The van der Waals surface area contributed by atoms with Crippen molar-refractivity contribution in [1.82, 2.24) is 15.2 Å². The van der Waals surface area contributed by atoms with E-state index in [4.69, 9.17) is 9.47 Å². The molecule has 27 heavy (non-hydrogen) atoms. The van der Waals surface area contributed by atoms with Gasteiger partial charge in [-0.1, -0.05) is 6.07 Å². The van der Waals surface area contributed by atoms with Crippen LogP contribution >= 0.6 is 0 Å². The fourth-order valence-electron chi connectivity index (χ4n) is 2.99. The number of pyridine rings is 1. The van der Waals surface area contributed by atoms with Crippen LogP contribution in [0.25, 0.3) is 0 Å². The van der Waals surface area contributed by atoms with Crippen LogP contribution in [0.2, 0.25) is 0 Å². The summed E-state index contributed by atoms with van der Waals surface area (Å²) in [5.74, 6) is -0.0280. The molecule has 0 radical (unpaired) electrons. The number of aliphatic hydroxyl groups is 1. The van der Waals surface area contributed by atoms with E-state index in [0.717, 1.165) is 5.56 Å². The molecule has 2 heterocycles. The van der Waals surface area contributed by atoms with E-state index < -0.39 is 17.9 Å². The van der Waals surface area contributed by atoms with E-state index in [0.29, 0.717) is 44.6 Å². The number of aromatic nitrogens is 1. The van der Waals surface area contributed by atoms with Crippen LogP contribution in [-0.2, 0) is 20.9 Å². The predicted molar refractivity (Wildman–Crippen MR) is 96.9 cm³/mol. The molecule has 8 nitrogen and oxygen atoms in total. The molecule has 2 amide bonds. The Morgan fingerprint density at radius 2 is 2.26 bits per heavy atom. The van der Waals surface area contributed by atoms with Crippen molar-refractivity contribution < 1.29 is 24.2 Å². The Kier molecular flexibility index (Phi) is 6.63. The molecule has 0 aromatic carbocycles. The Balaban J connectivity index is 1.47. The zero-order valence-electron chi connectivity index (χ0n) is 15.6. The molecule has 1 aliphatic heterocycles. The first-order chi connectivity index (χ1) is 13.0. The molecule has 148 valence electrons. The van der Waals surface area contributed by atoms with Crippen molar-refractivity contribution in [3.8, 4) is 5.88 Å². The highest BCUT2D eigenvalue weighted by Gasteiger charge is 2.31. The summed E-state index contributed by atoms with van der Waals surface area (Å²) in [5.41, 5.74) is 0.789. The van der Waals surface area contributed by atoms with Gasteiger partial charge in [0, 0.05) is 25.4 Å². The van der Waals surface area contributed by atoms with Gasteiger partial charge in [-0.3, -0.25) is 9.59 Å². The van der Waals surface area contributed by atoms with Crippen molar-refractivity contribution in [3.63, 3.8) is 0 Å². The lowest BCUT2D eigenvalue weighted by Crippen LogP contribution is -2.54. The first-order valence-corrected chi connectivity index (χ1v) is 9.45. The summed E-state index contributed by atoms with van der Waals surface area (Å²) >= 11 is 0. The molecule has 8 heteroatoms. The van der Waals surface area contributed by atoms with Crippen LogP contribution in [0.1, 0.15) is 31.7 Å². The Bertz CT molecular complexity index is 645. The highest BCUT2D eigenvalue weighted by atomic mass is 16.5. The molecule has 1 aromatic rings. The minimum absolute atomic E-state index is 0.214. The number of amides is 2. The number of aliphatic hydroxyl groups excluding tert-OH is 1. The summed E-state index contributed by atoms with van der Waals surface area (Å²) in [6, 6.07) is 3.30. The minimum atomic E-state index is -0.665. The summed E-state index contributed by atoms with van der Waals surface area (Å²) < 4.78 is 10.9. The van der Waals surface area contributed by atoms with E-state index in [2.05, 4.69) is 10.3 Å². The van der Waals surface area contributed by atoms with Gasteiger partial charge in [-0.15, -0.1) is 0 Å². The third-order valence-corrected chi connectivity index (χ3v) is 4.71. The summed E-state index contributed by atoms with van der Waals surface area (Å²) in [6.07, 6.45) is 3.89. The molecule has 2 N–H and O–H groups in total. The summed E-state index contributed by atoms with van der Waals surface area (Å²) in [5, 5.41) is 12.2. The highest BCUT2D eigenvalue weighted by molar-refractivity contribution is 6.35. The van der Waals surface area contributed by atoms with E-state index >= 15 is 0 Å². The van der Waals surface area contributed by atoms with Crippen molar-refractivity contribution in [2.24, 2.45) is 5.92 Å². The van der Waals surface area contributed by atoms with Crippen LogP contribution in [-0.4, -0.2) is 65.3 Å². The Morgan fingerprint density at radius 1 is 1.44 bits per heavy atom. The number of nitrogens with zero attached hydrogens (tertiary/aromatic N) is 2. The highest BCUT2D eigenvalue weighted by Crippen LogP contribution is 2.29. The van der Waals surface area contributed by atoms with E-state index in [9.17, 15) is 14.7 Å². The van der Waals surface area contributed by atoms with Crippen LogP contribution in [0.5, 0.6) is 5.88 Å². The van der Waals surface area contributed by atoms with Gasteiger partial charge in [0.2, 0.25) is 5.88 Å². The fourth-order valence-corrected chi connectivity index (χ4v) is 2.99. The lowest BCUT2D eigenvalue weighted by molar-refractivity contribution is -0.152. The van der Waals surface area contributed by atoms with Crippen LogP contribution in [0.15, 0.2) is 18.3 Å². The molecule has 1 saturated heterocycles. The first kappa shape index (κ1) is 19.6. The summed E-state index contributed by atoms with van der Waals surface area (Å²) in [6.45, 7) is 3.63. The van der Waals surface area contributed by atoms with Gasteiger partial charge in [0.1, 0.15) is 0 Å². The van der Waals surface area contributed by atoms with Gasteiger partial charge in [-0.2, -0.15) is 0 Å². The molecule has 1 aliphatic carbocycles. The van der Waals surface area contributed by atoms with E-state index in [-0.39, 0.29) is 12.6 Å². The maximum absolute atomic E-state index is 12.5. The average Bonchev–Trinajstić information content (AvgIpc) is 3.49. The monoisotopic (exact) mass is 377 g/mol. The second-order valence-electron chi connectivity index (χ2n) is 7.25. The van der Waals surface area contributed by atoms with E-state index in [1.807, 2.05) is 6.07 Å². The topological polar surface area (TPSA) is 101 Å². The molecule has 1 aromatic heterocycles. The molecule has 2 fully saturated rings. The number of nitrogens with one attached hydrogen (secondary N) is 1. The molecular formula is C19H27N3O5. The van der Waals surface area contributed by atoms with Gasteiger partial charge < -0.3 is 24.8 Å². The summed E-state index contributed by atoms with van der Waals surface area (Å²) in [7, 11) is 0. The number of hydrogen-bond donors (Lipinski definition) is 2. The average molecular weight is 377 g/mol. The summed E-state index contributed by atoms with van der Waals surface area (Å²) in [4.78, 5) is 30.4. The van der Waals surface area contributed by atoms with Crippen molar-refractivity contribution >= 4 is 11.8 Å². The number of rotatable bonds is 7. The zero-order valence-corrected chi connectivity index (χ0v) is 15.6. The van der Waals surface area contributed by atoms with Gasteiger partial charge in [-0.05, 0) is 37.7 Å². The first-order valence-electron chi connectivity index (χ1n) is 9.45. The number of ether oxygens (including phenoxy) is 2. The normalized spacial score (nSPS) is 20.8. The van der Waals surface area contributed by atoms with Gasteiger partial charge in [0.05, 0.1) is 32.0 Å². The molecule has 0 unspecified atom stereocenters. The fraction of sp³-hybridized carbons (Fsp3) is 0.632. The molecule has 2 atom stereocenters. The smallest absolute Gasteiger partial charge is 0.312 e. The van der Waals surface area contributed by atoms with Crippen molar-refractivity contribution in [1.29, 1.82) is 0 Å². The minimum Gasteiger partial charge on any atom is -0.477 e. The number of carbonyl (C=O) groups is 2. The van der Waals surface area contributed by atoms with Crippen LogP contribution in [0.4, 0.5) is 0 Å². The molecular weight excluding hydrogens is 350 g/mol. The molecule has 2 aliphatic rings. The lowest BCUT2D eigenvalue weighted by Gasteiger charge is -2.35. The Hall–Kier alpha value is -2.19. The third-order valence-electron chi connectivity index (χ3n) is 4.71. The van der Waals surface area contributed by atoms with Crippen LogP contribution in [0.3, 0.4) is 0 Å². The zero-order chi connectivity index (χ0) is 19.2. The van der Waals surface area contributed by atoms with E-state index in [1.54, 1.807) is 19.2 Å². The lowest BCUT2D eigenvalue weighted by atomic mass is 10.1. The van der Waals surface area contributed by atoms with Crippen LogP contribution in [0, 0.1) is 5.92 Å². The van der Waals surface area contributed by atoms with Gasteiger partial charge in [0.25, 0.3) is 0 Å². The van der Waals surface area contributed by atoms with Crippen LogP contribution < -0.4 is 10.1 Å². The quantitative estimate of drug-likeness (QED) is 0.671. The third kappa shape index (κ3) is 5.90. The van der Waals surface area contributed by atoms with Crippen molar-refractivity contribution in [3.05, 3.63) is 23.9 Å². The van der Waals surface area contributed by atoms with Gasteiger partial charge in [-0.25, -0.2) is 4.98 Å². The van der Waals surface area contributed by atoms with E-state index in [1.165, 1.54) is 17.7 Å². The molecule has 1 saturated carbocycles. The number of hydrogen-bond acceptors (Lipinski definition) is 6. The van der Waals surface area contributed by atoms with Crippen molar-refractivity contribution in [2.45, 2.75) is 44.9 Å². The largest absolute Gasteiger partial charge is 0.477 e. The Labute approximate surface area is 158 Å².